The Morgan fingerprint density at radius 1 is 1.25 bits per heavy atom. The Balaban J connectivity index is 1.63. The fraction of sp³-hybridized carbons (Fsp3) is 0.480. The van der Waals surface area contributed by atoms with Crippen molar-refractivity contribution in [1.29, 1.82) is 0 Å². The van der Waals surface area contributed by atoms with Gasteiger partial charge >= 0.3 is 0 Å². The Hall–Kier alpha value is -3.31. The smallest absolute Gasteiger partial charge is 0.274 e. The van der Waals surface area contributed by atoms with E-state index in [1.165, 1.54) is 22.9 Å². The van der Waals surface area contributed by atoms with Gasteiger partial charge in [-0.2, -0.15) is 5.06 Å². The van der Waals surface area contributed by atoms with Crippen LogP contribution in [0.25, 0.3) is 0 Å². The number of hydrogen-bond acceptors (Lipinski definition) is 6. The first-order valence-electron chi connectivity index (χ1n) is 11.9. The molecule has 3 N–H and O–H groups in total. The van der Waals surface area contributed by atoms with Crippen molar-refractivity contribution < 1.29 is 28.3 Å². The Labute approximate surface area is 206 Å². The molecule has 11 heteroatoms. The van der Waals surface area contributed by atoms with E-state index in [1.807, 2.05) is 20.8 Å². The topological polar surface area (TPSA) is 118 Å². The number of rotatable bonds is 3. The van der Waals surface area contributed by atoms with Gasteiger partial charge in [0.05, 0.1) is 12.6 Å². The summed E-state index contributed by atoms with van der Waals surface area (Å²) in [5, 5.41) is 12.4. The van der Waals surface area contributed by atoms with Gasteiger partial charge < -0.3 is 20.3 Å². The van der Waals surface area contributed by atoms with Crippen molar-refractivity contribution in [2.24, 2.45) is 11.7 Å². The summed E-state index contributed by atoms with van der Waals surface area (Å²) in [6.45, 7) is 6.13. The van der Waals surface area contributed by atoms with E-state index in [0.29, 0.717) is 12.8 Å². The number of amides is 2. The van der Waals surface area contributed by atoms with Crippen molar-refractivity contribution in [2.75, 3.05) is 6.54 Å². The van der Waals surface area contributed by atoms with Crippen LogP contribution in [-0.4, -0.2) is 55.7 Å². The third-order valence-corrected chi connectivity index (χ3v) is 8.27. The number of aromatic hydroxyl groups is 1. The van der Waals surface area contributed by atoms with Crippen LogP contribution in [0.4, 0.5) is 8.78 Å². The molecule has 2 aromatic rings. The molecule has 2 amide bonds. The highest BCUT2D eigenvalue weighted by Crippen LogP contribution is 2.51. The number of nitrogens with zero attached hydrogens (tertiary/aromatic N) is 3. The molecule has 4 heterocycles. The largest absolute Gasteiger partial charge is 0.503 e. The quantitative estimate of drug-likeness (QED) is 0.665. The molecule has 5 rings (SSSR count). The molecule has 9 nitrogen and oxygen atoms in total. The molecule has 2 saturated heterocycles. The van der Waals surface area contributed by atoms with Crippen LogP contribution in [-0.2, 0) is 11.4 Å². The molecule has 2 unspecified atom stereocenters. The lowest BCUT2D eigenvalue weighted by Crippen LogP contribution is -2.54. The number of hydrogen-bond donors (Lipinski definition) is 2. The van der Waals surface area contributed by atoms with E-state index < -0.39 is 51.8 Å². The molecule has 3 aliphatic heterocycles. The van der Waals surface area contributed by atoms with Crippen LogP contribution in [0.3, 0.4) is 0 Å². The number of benzene rings is 1. The summed E-state index contributed by atoms with van der Waals surface area (Å²) in [5.74, 6) is -3.83. The number of aromatic nitrogens is 1. The molecule has 0 radical (unpaired) electrons. The van der Waals surface area contributed by atoms with Crippen molar-refractivity contribution in [2.45, 2.75) is 63.9 Å². The van der Waals surface area contributed by atoms with Gasteiger partial charge in [0.15, 0.2) is 11.4 Å². The van der Waals surface area contributed by atoms with Crippen LogP contribution in [0.5, 0.6) is 5.75 Å². The lowest BCUT2D eigenvalue weighted by molar-refractivity contribution is -0.229. The zero-order chi connectivity index (χ0) is 26.1. The van der Waals surface area contributed by atoms with E-state index in [2.05, 4.69) is 0 Å². The summed E-state index contributed by atoms with van der Waals surface area (Å²) >= 11 is 0. The summed E-state index contributed by atoms with van der Waals surface area (Å²) in [6, 6.07) is 2.43. The minimum atomic E-state index is -1.02. The van der Waals surface area contributed by atoms with Gasteiger partial charge in [-0.05, 0) is 32.8 Å². The molecule has 2 bridgehead atoms. The zero-order valence-electron chi connectivity index (χ0n) is 20.2. The number of nitrogens with two attached hydrogens (primary N) is 1. The van der Waals surface area contributed by atoms with Crippen molar-refractivity contribution in [3.63, 3.8) is 0 Å². The summed E-state index contributed by atoms with van der Waals surface area (Å²) < 4.78 is 29.3. The first-order valence-corrected chi connectivity index (χ1v) is 11.9. The molecule has 0 aliphatic carbocycles. The van der Waals surface area contributed by atoms with E-state index in [0.717, 1.165) is 6.07 Å². The third kappa shape index (κ3) is 3.44. The molecule has 1 spiro atoms. The van der Waals surface area contributed by atoms with E-state index in [1.54, 1.807) is 9.96 Å². The van der Waals surface area contributed by atoms with Crippen LogP contribution in [0.15, 0.2) is 29.2 Å². The van der Waals surface area contributed by atoms with Crippen LogP contribution in [0.2, 0.25) is 0 Å². The van der Waals surface area contributed by atoms with Crippen LogP contribution < -0.4 is 11.2 Å². The predicted octanol–water partition coefficient (Wildman–Crippen LogP) is 2.32. The number of pyridine rings is 1. The standard InChI is InChI=1S/C25H28F2N4O5/c1-12-6-7-25(13(2)14(3)31(36-25)9-15-4-5-16(26)8-18(15)27)19-11-29(12)24(35)20-22(33)21(32)17(23(28)34)10-30(19)20/h4-5,8,10,12-14,19,33H,6-7,9,11H2,1-3H3,(H2,28,34)/t12-,13?,14?,19+,25+/m0/s1. The number of carbonyl (C=O) groups excluding carboxylic acids is 2. The molecule has 36 heavy (non-hydrogen) atoms. The van der Waals surface area contributed by atoms with Gasteiger partial charge in [-0.1, -0.05) is 13.0 Å². The van der Waals surface area contributed by atoms with Crippen molar-refractivity contribution >= 4 is 11.8 Å². The summed E-state index contributed by atoms with van der Waals surface area (Å²) in [5.41, 5.74) is 3.13. The maximum absolute atomic E-state index is 14.5. The monoisotopic (exact) mass is 502 g/mol. The first kappa shape index (κ1) is 24.4. The summed E-state index contributed by atoms with van der Waals surface area (Å²) in [7, 11) is 0. The average Bonchev–Trinajstić information content (AvgIpc) is 2.97. The lowest BCUT2D eigenvalue weighted by atomic mass is 9.76. The normalized spacial score (nSPS) is 29.9. The van der Waals surface area contributed by atoms with Crippen molar-refractivity contribution in [3.8, 4) is 5.75 Å². The molecular formula is C25H28F2N4O5. The van der Waals surface area contributed by atoms with Crippen molar-refractivity contribution in [3.05, 3.63) is 63.1 Å². The second kappa shape index (κ2) is 8.38. The summed E-state index contributed by atoms with van der Waals surface area (Å²) in [6.07, 6.45) is 2.34. The van der Waals surface area contributed by atoms with E-state index >= 15 is 0 Å². The highest BCUT2D eigenvalue weighted by molar-refractivity contribution is 5.99. The van der Waals surface area contributed by atoms with Gasteiger partial charge in [0.25, 0.3) is 11.8 Å². The fourth-order valence-electron chi connectivity index (χ4n) is 5.95. The summed E-state index contributed by atoms with van der Waals surface area (Å²) in [4.78, 5) is 46.2. The second-order valence-electron chi connectivity index (χ2n) is 10.1. The molecule has 1 aromatic carbocycles. The van der Waals surface area contributed by atoms with E-state index in [9.17, 15) is 28.3 Å². The Kier molecular flexibility index (Phi) is 5.68. The van der Waals surface area contributed by atoms with E-state index in [4.69, 9.17) is 10.6 Å². The molecule has 3 aliphatic rings. The van der Waals surface area contributed by atoms with Crippen LogP contribution in [0.1, 0.15) is 66.1 Å². The zero-order valence-corrected chi connectivity index (χ0v) is 20.2. The molecular weight excluding hydrogens is 474 g/mol. The Morgan fingerprint density at radius 2 is 1.97 bits per heavy atom. The SMILES string of the molecule is CC1C(C)[C@@]2(CC[C@H](C)N3C[C@H]2n2cc(C(N)=O)c(=O)c(O)c2C3=O)ON1Cc1ccc(F)cc1F. The Morgan fingerprint density at radius 3 is 2.64 bits per heavy atom. The van der Waals surface area contributed by atoms with Gasteiger partial charge in [0.1, 0.15) is 22.8 Å². The lowest BCUT2D eigenvalue weighted by Gasteiger charge is -2.44. The van der Waals surface area contributed by atoms with Gasteiger partial charge in [-0.15, -0.1) is 0 Å². The highest BCUT2D eigenvalue weighted by Gasteiger charge is 2.59. The molecule has 5 atom stereocenters. The second-order valence-corrected chi connectivity index (χ2v) is 10.1. The van der Waals surface area contributed by atoms with Gasteiger partial charge in [-0.3, -0.25) is 19.2 Å². The molecule has 2 fully saturated rings. The molecule has 192 valence electrons. The fourth-order valence-corrected chi connectivity index (χ4v) is 5.95. The number of hydroxylamine groups is 2. The first-order chi connectivity index (χ1) is 17.0. The minimum Gasteiger partial charge on any atom is -0.503 e. The Bertz CT molecular complexity index is 1330. The van der Waals surface area contributed by atoms with Crippen LogP contribution >= 0.6 is 0 Å². The maximum atomic E-state index is 14.5. The predicted molar refractivity (Wildman–Crippen MR) is 124 cm³/mol. The minimum absolute atomic E-state index is 0.0685. The third-order valence-electron chi connectivity index (χ3n) is 8.27. The van der Waals surface area contributed by atoms with Gasteiger partial charge in [0, 0.05) is 42.4 Å². The van der Waals surface area contributed by atoms with Crippen molar-refractivity contribution in [1.82, 2.24) is 14.5 Å². The average molecular weight is 503 g/mol. The van der Waals surface area contributed by atoms with Gasteiger partial charge in [0.2, 0.25) is 5.43 Å². The number of primary amides is 1. The highest BCUT2D eigenvalue weighted by atomic mass is 19.1. The number of carbonyl (C=O) groups is 2. The van der Waals surface area contributed by atoms with Crippen LogP contribution in [0, 0.1) is 17.6 Å². The maximum Gasteiger partial charge on any atom is 0.274 e. The van der Waals surface area contributed by atoms with E-state index in [-0.39, 0.29) is 42.3 Å². The molecule has 1 aromatic heterocycles. The van der Waals surface area contributed by atoms with Gasteiger partial charge in [-0.25, -0.2) is 8.78 Å². The number of halogens is 2. The number of fused-ring (bicyclic) bond motifs is 5. The molecule has 0 saturated carbocycles.